The number of hydrogen-bond acceptors (Lipinski definition) is 5. The molecule has 12 heteroatoms. The quantitative estimate of drug-likeness (QED) is 0.563. The van der Waals surface area contributed by atoms with Gasteiger partial charge in [-0.1, -0.05) is 11.6 Å². The molecule has 1 aromatic carbocycles. The van der Waals surface area contributed by atoms with Crippen LogP contribution >= 0.6 is 11.6 Å². The molecular formula is C19H11ClF4N4O3. The number of aromatic amines is 1. The van der Waals surface area contributed by atoms with Crippen molar-refractivity contribution in [2.24, 2.45) is 0 Å². The van der Waals surface area contributed by atoms with Gasteiger partial charge in [0.1, 0.15) is 11.4 Å². The van der Waals surface area contributed by atoms with Crippen LogP contribution in [0, 0.1) is 11.3 Å². The second kappa shape index (κ2) is 9.01. The molecule has 0 amide bonds. The topological polar surface area (TPSA) is 101 Å². The van der Waals surface area contributed by atoms with E-state index in [9.17, 15) is 27.2 Å². The van der Waals surface area contributed by atoms with Gasteiger partial charge in [0.15, 0.2) is 0 Å². The van der Waals surface area contributed by atoms with E-state index >= 15 is 0 Å². The molecule has 0 saturated heterocycles. The first-order valence-electron chi connectivity index (χ1n) is 8.46. The van der Waals surface area contributed by atoms with Gasteiger partial charge in [-0.3, -0.25) is 9.59 Å². The minimum Gasteiger partial charge on any atom is -0.451 e. The number of pyridine rings is 1. The third-order valence-corrected chi connectivity index (χ3v) is 4.29. The number of ether oxygens (including phenoxy) is 1. The summed E-state index contributed by atoms with van der Waals surface area (Å²) in [6.07, 6.45) is -5.07. The molecule has 7 nitrogen and oxygen atoms in total. The summed E-state index contributed by atoms with van der Waals surface area (Å²) in [5.74, 6) is -0.897. The van der Waals surface area contributed by atoms with E-state index in [-0.39, 0.29) is 21.9 Å². The number of aromatic nitrogens is 3. The summed E-state index contributed by atoms with van der Waals surface area (Å²) >= 11 is 5.87. The largest absolute Gasteiger partial charge is 0.451 e. The van der Waals surface area contributed by atoms with Crippen LogP contribution in [0.1, 0.15) is 35.2 Å². The van der Waals surface area contributed by atoms with Crippen LogP contribution in [0.15, 0.2) is 46.1 Å². The first-order chi connectivity index (χ1) is 14.7. The van der Waals surface area contributed by atoms with Crippen molar-refractivity contribution >= 4 is 11.6 Å². The first kappa shape index (κ1) is 22.0. The minimum atomic E-state index is -3.08. The fourth-order valence-electron chi connectivity index (χ4n) is 2.65. The summed E-state index contributed by atoms with van der Waals surface area (Å²) in [7, 11) is 0. The van der Waals surface area contributed by atoms with Crippen LogP contribution in [0.25, 0.3) is 0 Å². The molecule has 0 atom stereocenters. The number of nitriles is 1. The van der Waals surface area contributed by atoms with Crippen molar-refractivity contribution < 1.29 is 22.3 Å². The highest BCUT2D eigenvalue weighted by atomic mass is 35.5. The lowest BCUT2D eigenvalue weighted by Crippen LogP contribution is -2.26. The molecule has 0 bridgehead atoms. The van der Waals surface area contributed by atoms with Crippen molar-refractivity contribution in [3.8, 4) is 17.6 Å². The lowest BCUT2D eigenvalue weighted by Gasteiger charge is -2.14. The normalized spacial score (nSPS) is 11.0. The zero-order valence-electron chi connectivity index (χ0n) is 15.3. The second-order valence-electron chi connectivity index (χ2n) is 6.17. The maximum atomic E-state index is 13.4. The number of nitrogens with one attached hydrogen (secondary N) is 1. The number of rotatable bonds is 6. The molecular weight excluding hydrogens is 444 g/mol. The highest BCUT2D eigenvalue weighted by Crippen LogP contribution is 2.31. The summed E-state index contributed by atoms with van der Waals surface area (Å²) in [5.41, 5.74) is -3.50. The van der Waals surface area contributed by atoms with Crippen molar-refractivity contribution in [3.05, 3.63) is 84.6 Å². The summed E-state index contributed by atoms with van der Waals surface area (Å²) in [6.45, 7) is -0.505. The highest BCUT2D eigenvalue weighted by Gasteiger charge is 2.21. The van der Waals surface area contributed by atoms with Gasteiger partial charge in [0.25, 0.3) is 24.0 Å². The van der Waals surface area contributed by atoms with E-state index in [4.69, 9.17) is 21.6 Å². The van der Waals surface area contributed by atoms with Crippen LogP contribution in [0.5, 0.6) is 11.5 Å². The summed E-state index contributed by atoms with van der Waals surface area (Å²) in [4.78, 5) is 24.7. The predicted molar refractivity (Wildman–Crippen MR) is 101 cm³/mol. The minimum absolute atomic E-state index is 0.0696. The Morgan fingerprint density at radius 3 is 2.55 bits per heavy atom. The Kier molecular flexibility index (Phi) is 6.41. The van der Waals surface area contributed by atoms with Gasteiger partial charge in [-0.25, -0.2) is 22.7 Å². The highest BCUT2D eigenvalue weighted by molar-refractivity contribution is 6.30. The molecule has 0 unspecified atom stereocenters. The average molecular weight is 455 g/mol. The fourth-order valence-corrected chi connectivity index (χ4v) is 2.87. The molecule has 0 fully saturated rings. The second-order valence-corrected chi connectivity index (χ2v) is 6.61. The molecule has 31 heavy (non-hydrogen) atoms. The van der Waals surface area contributed by atoms with Crippen LogP contribution < -0.4 is 15.9 Å². The van der Waals surface area contributed by atoms with Crippen LogP contribution in [-0.2, 0) is 6.54 Å². The number of halogens is 5. The lowest BCUT2D eigenvalue weighted by molar-refractivity contribution is 0.144. The van der Waals surface area contributed by atoms with Crippen LogP contribution in [0.3, 0.4) is 0 Å². The third kappa shape index (κ3) is 4.92. The van der Waals surface area contributed by atoms with E-state index in [1.54, 1.807) is 0 Å². The van der Waals surface area contributed by atoms with Crippen LogP contribution in [0.2, 0.25) is 5.02 Å². The third-order valence-electron chi connectivity index (χ3n) is 4.07. The van der Waals surface area contributed by atoms with Gasteiger partial charge in [-0.05, 0) is 30.3 Å². The van der Waals surface area contributed by atoms with Gasteiger partial charge in [-0.2, -0.15) is 10.4 Å². The molecule has 0 aliphatic carbocycles. The zero-order valence-corrected chi connectivity index (χ0v) is 16.0. The molecule has 2 aromatic heterocycles. The van der Waals surface area contributed by atoms with Crippen molar-refractivity contribution in [2.75, 3.05) is 0 Å². The van der Waals surface area contributed by atoms with Crippen molar-refractivity contribution in [1.29, 1.82) is 5.26 Å². The molecule has 3 aromatic rings. The maximum Gasteiger partial charge on any atom is 0.294 e. The summed E-state index contributed by atoms with van der Waals surface area (Å²) < 4.78 is 58.8. The number of H-pyrrole nitrogens is 1. The molecule has 1 N–H and O–H groups in total. The Balaban J connectivity index is 2.07. The number of alkyl halides is 4. The van der Waals surface area contributed by atoms with Gasteiger partial charge in [-0.15, -0.1) is 0 Å². The molecule has 3 rings (SSSR count). The smallest absolute Gasteiger partial charge is 0.294 e. The fraction of sp³-hybridized carbons (Fsp3) is 0.158. The molecule has 160 valence electrons. The maximum absolute atomic E-state index is 13.4. The van der Waals surface area contributed by atoms with Gasteiger partial charge in [0, 0.05) is 16.8 Å². The van der Waals surface area contributed by atoms with Crippen LogP contribution in [0.4, 0.5) is 17.6 Å². The molecule has 0 aliphatic heterocycles. The lowest BCUT2D eigenvalue weighted by atomic mass is 10.2. The van der Waals surface area contributed by atoms with Gasteiger partial charge in [0.2, 0.25) is 5.75 Å². The van der Waals surface area contributed by atoms with Crippen molar-refractivity contribution in [1.82, 2.24) is 14.8 Å². The van der Waals surface area contributed by atoms with Crippen molar-refractivity contribution in [2.45, 2.75) is 19.4 Å². The van der Waals surface area contributed by atoms with Gasteiger partial charge >= 0.3 is 0 Å². The SMILES string of the molecule is N#Cc1cc(Cl)cc(Oc2c(C(F)F)ccn(Cc3cc(C(F)F)n[nH]c3=O)c2=O)c1. The molecule has 0 aliphatic rings. The van der Waals surface area contributed by atoms with Gasteiger partial charge in [0.05, 0.1) is 23.7 Å². The van der Waals surface area contributed by atoms with Crippen LogP contribution in [-0.4, -0.2) is 14.8 Å². The van der Waals surface area contributed by atoms with E-state index in [1.165, 1.54) is 18.2 Å². The molecule has 2 heterocycles. The summed E-state index contributed by atoms with van der Waals surface area (Å²) in [6, 6.07) is 7.25. The van der Waals surface area contributed by atoms with E-state index in [1.807, 2.05) is 11.2 Å². The Morgan fingerprint density at radius 2 is 1.90 bits per heavy atom. The monoisotopic (exact) mass is 454 g/mol. The van der Waals surface area contributed by atoms with Crippen molar-refractivity contribution in [3.63, 3.8) is 0 Å². The average Bonchev–Trinajstić information content (AvgIpc) is 2.71. The Labute approximate surface area is 176 Å². The predicted octanol–water partition coefficient (Wildman–Crippen LogP) is 4.17. The number of nitrogens with zero attached hydrogens (tertiary/aromatic N) is 3. The first-order valence-corrected chi connectivity index (χ1v) is 8.84. The molecule has 0 spiro atoms. The zero-order chi connectivity index (χ0) is 22.7. The Bertz CT molecular complexity index is 1280. The van der Waals surface area contributed by atoms with E-state index in [0.717, 1.165) is 22.9 Å². The molecule has 0 radical (unpaired) electrons. The Hall–Kier alpha value is -3.65. The standard InChI is InChI=1S/C19H11ClF4N4O3/c20-11-3-9(7-25)4-12(6-11)31-15-13(16(21)22)1-2-28(19(15)30)8-10-5-14(17(23)24)26-27-18(10)29/h1-6,16-17H,8H2,(H,27,29). The number of hydrogen-bond donors (Lipinski definition) is 1. The van der Waals surface area contributed by atoms with E-state index in [2.05, 4.69) is 5.10 Å². The summed E-state index contributed by atoms with van der Waals surface area (Å²) in [5, 5.41) is 14.2. The molecule has 0 saturated carbocycles. The van der Waals surface area contributed by atoms with E-state index in [0.29, 0.717) is 0 Å². The van der Waals surface area contributed by atoms with E-state index < -0.39 is 47.5 Å². The van der Waals surface area contributed by atoms with Gasteiger partial charge < -0.3 is 9.30 Å². The number of benzene rings is 1. The Morgan fingerprint density at radius 1 is 1.16 bits per heavy atom.